The highest BCUT2D eigenvalue weighted by Crippen LogP contribution is 2.25. The van der Waals surface area contributed by atoms with Crippen LogP contribution < -0.4 is 0 Å². The van der Waals surface area contributed by atoms with Crippen molar-refractivity contribution in [3.05, 3.63) is 28.0 Å². The van der Waals surface area contributed by atoms with Crippen molar-refractivity contribution in [1.29, 1.82) is 0 Å². The van der Waals surface area contributed by atoms with Gasteiger partial charge in [-0.1, -0.05) is 11.6 Å². The highest BCUT2D eigenvalue weighted by Gasteiger charge is 2.14. The predicted octanol–water partition coefficient (Wildman–Crippen LogP) is 2.53. The third-order valence-electron chi connectivity index (χ3n) is 2.27. The molecule has 1 aromatic rings. The van der Waals surface area contributed by atoms with Crippen LogP contribution in [0, 0.1) is 6.92 Å². The summed E-state index contributed by atoms with van der Waals surface area (Å²) in [7, 11) is 0. The van der Waals surface area contributed by atoms with Gasteiger partial charge in [-0.05, 0) is 43.4 Å². The first-order valence-electron chi connectivity index (χ1n) is 3.92. The van der Waals surface area contributed by atoms with Crippen LogP contribution in [0.4, 0.5) is 0 Å². The average molecular weight is 168 g/mol. The van der Waals surface area contributed by atoms with Crippen LogP contribution in [0.25, 0.3) is 0 Å². The lowest BCUT2D eigenvalue weighted by Gasteiger charge is -2.02. The molecule has 2 rings (SSSR count). The number of nitrogens with zero attached hydrogens (tertiary/aromatic N) is 1. The van der Waals surface area contributed by atoms with Crippen LogP contribution in [0.15, 0.2) is 6.07 Å². The Kier molecular flexibility index (Phi) is 1.61. The molecule has 0 atom stereocenters. The number of aromatic nitrogens is 1. The average Bonchev–Trinajstić information content (AvgIpc) is 2.34. The minimum atomic E-state index is 0.642. The second kappa shape index (κ2) is 2.49. The maximum absolute atomic E-state index is 5.82. The Hall–Kier alpha value is -0.560. The molecule has 0 aliphatic heterocycles. The second-order valence-corrected chi connectivity index (χ2v) is 3.41. The van der Waals surface area contributed by atoms with Crippen LogP contribution in [0.1, 0.15) is 23.2 Å². The Labute approximate surface area is 71.4 Å². The maximum atomic E-state index is 5.82. The Morgan fingerprint density at radius 1 is 1.45 bits per heavy atom. The van der Waals surface area contributed by atoms with E-state index in [4.69, 9.17) is 11.6 Å². The van der Waals surface area contributed by atoms with Gasteiger partial charge in [-0.2, -0.15) is 0 Å². The molecule has 0 amide bonds. The van der Waals surface area contributed by atoms with Gasteiger partial charge in [0.1, 0.15) is 5.15 Å². The molecule has 0 saturated carbocycles. The molecular formula is C9H10ClN. The second-order valence-electron chi connectivity index (χ2n) is 3.02. The molecule has 1 aliphatic rings. The monoisotopic (exact) mass is 167 g/mol. The summed E-state index contributed by atoms with van der Waals surface area (Å²) in [6.45, 7) is 2.04. The number of hydrogen-bond donors (Lipinski definition) is 0. The summed E-state index contributed by atoms with van der Waals surface area (Å²) in [6.07, 6.45) is 3.63. The molecule has 0 bridgehead atoms. The summed E-state index contributed by atoms with van der Waals surface area (Å²) in [5.74, 6) is 0. The van der Waals surface area contributed by atoms with E-state index in [2.05, 4.69) is 4.98 Å². The predicted molar refractivity (Wildman–Crippen MR) is 46.0 cm³/mol. The lowest BCUT2D eigenvalue weighted by atomic mass is 10.1. The van der Waals surface area contributed by atoms with Crippen molar-refractivity contribution in [3.63, 3.8) is 0 Å². The number of fused-ring (bicyclic) bond motifs is 1. The molecule has 58 valence electrons. The highest BCUT2D eigenvalue weighted by molar-refractivity contribution is 6.29. The van der Waals surface area contributed by atoms with Crippen molar-refractivity contribution in [2.75, 3.05) is 0 Å². The molecule has 2 heteroatoms. The van der Waals surface area contributed by atoms with E-state index in [9.17, 15) is 0 Å². The summed E-state index contributed by atoms with van der Waals surface area (Å²) in [5.41, 5.74) is 3.95. The third kappa shape index (κ3) is 1.14. The Bertz CT molecular complexity index is 294. The lowest BCUT2D eigenvalue weighted by molar-refractivity contribution is 0.907. The quantitative estimate of drug-likeness (QED) is 0.542. The van der Waals surface area contributed by atoms with Gasteiger partial charge in [-0.15, -0.1) is 0 Å². The van der Waals surface area contributed by atoms with Crippen molar-refractivity contribution in [2.24, 2.45) is 0 Å². The molecule has 1 aliphatic carbocycles. The van der Waals surface area contributed by atoms with Crippen LogP contribution in [-0.4, -0.2) is 4.98 Å². The van der Waals surface area contributed by atoms with Gasteiger partial charge in [0.25, 0.3) is 0 Å². The van der Waals surface area contributed by atoms with Gasteiger partial charge in [-0.3, -0.25) is 0 Å². The van der Waals surface area contributed by atoms with Gasteiger partial charge in [-0.25, -0.2) is 4.98 Å². The molecule has 1 nitrogen and oxygen atoms in total. The van der Waals surface area contributed by atoms with E-state index in [1.165, 1.54) is 30.4 Å². The number of rotatable bonds is 0. The van der Waals surface area contributed by atoms with E-state index in [-0.39, 0.29) is 0 Å². The molecule has 1 aromatic heterocycles. The van der Waals surface area contributed by atoms with E-state index >= 15 is 0 Å². The topological polar surface area (TPSA) is 12.9 Å². The van der Waals surface area contributed by atoms with Crippen LogP contribution >= 0.6 is 11.6 Å². The maximum Gasteiger partial charge on any atom is 0.129 e. The van der Waals surface area contributed by atoms with E-state index < -0.39 is 0 Å². The van der Waals surface area contributed by atoms with Gasteiger partial charge in [0.05, 0.1) is 0 Å². The molecule has 0 saturated heterocycles. The summed E-state index contributed by atoms with van der Waals surface area (Å²) >= 11 is 5.82. The fourth-order valence-corrected chi connectivity index (χ4v) is 2.00. The molecule has 0 aromatic carbocycles. The van der Waals surface area contributed by atoms with Crippen molar-refractivity contribution < 1.29 is 0 Å². The van der Waals surface area contributed by atoms with E-state index in [1.807, 2.05) is 13.0 Å². The number of halogens is 1. The fourth-order valence-electron chi connectivity index (χ4n) is 1.74. The Morgan fingerprint density at radius 2 is 2.27 bits per heavy atom. The molecule has 0 radical (unpaired) electrons. The zero-order chi connectivity index (χ0) is 7.84. The molecule has 1 heterocycles. The molecular weight excluding hydrogens is 158 g/mol. The minimum absolute atomic E-state index is 0.642. The minimum Gasteiger partial charge on any atom is -0.241 e. The van der Waals surface area contributed by atoms with Crippen molar-refractivity contribution >= 4 is 11.6 Å². The van der Waals surface area contributed by atoms with Gasteiger partial charge < -0.3 is 0 Å². The highest BCUT2D eigenvalue weighted by atomic mass is 35.5. The zero-order valence-electron chi connectivity index (χ0n) is 6.52. The summed E-state index contributed by atoms with van der Waals surface area (Å²) in [6, 6.07) is 2.00. The normalized spacial score (nSPS) is 15.1. The van der Waals surface area contributed by atoms with Gasteiger partial charge in [0.2, 0.25) is 0 Å². The lowest BCUT2D eigenvalue weighted by Crippen LogP contribution is -1.91. The van der Waals surface area contributed by atoms with Crippen LogP contribution in [-0.2, 0) is 12.8 Å². The number of pyridine rings is 1. The molecule has 0 fully saturated rings. The smallest absolute Gasteiger partial charge is 0.129 e. The standard InChI is InChI=1S/C9H10ClN/c1-6-8-4-2-3-7(8)5-9(10)11-6/h5H,2-4H2,1H3. The first kappa shape index (κ1) is 7.11. The summed E-state index contributed by atoms with van der Waals surface area (Å²) in [5, 5.41) is 0.642. The van der Waals surface area contributed by atoms with Gasteiger partial charge in [0, 0.05) is 5.69 Å². The van der Waals surface area contributed by atoms with Crippen LogP contribution in [0.2, 0.25) is 5.15 Å². The molecule has 0 N–H and O–H groups in total. The van der Waals surface area contributed by atoms with E-state index in [1.54, 1.807) is 0 Å². The Morgan fingerprint density at radius 3 is 3.09 bits per heavy atom. The SMILES string of the molecule is Cc1nc(Cl)cc2c1CCC2. The third-order valence-corrected chi connectivity index (χ3v) is 2.46. The molecule has 11 heavy (non-hydrogen) atoms. The molecule has 0 spiro atoms. The van der Waals surface area contributed by atoms with Gasteiger partial charge in [0.15, 0.2) is 0 Å². The van der Waals surface area contributed by atoms with E-state index in [0.29, 0.717) is 5.15 Å². The molecule has 0 unspecified atom stereocenters. The number of aryl methyl sites for hydroxylation is 2. The largest absolute Gasteiger partial charge is 0.241 e. The van der Waals surface area contributed by atoms with Crippen LogP contribution in [0.3, 0.4) is 0 Å². The first-order chi connectivity index (χ1) is 5.27. The summed E-state index contributed by atoms with van der Waals surface area (Å²) in [4.78, 5) is 4.21. The van der Waals surface area contributed by atoms with E-state index in [0.717, 1.165) is 5.69 Å². The van der Waals surface area contributed by atoms with Gasteiger partial charge >= 0.3 is 0 Å². The van der Waals surface area contributed by atoms with Crippen molar-refractivity contribution in [2.45, 2.75) is 26.2 Å². The first-order valence-corrected chi connectivity index (χ1v) is 4.30. The number of hydrogen-bond acceptors (Lipinski definition) is 1. The summed E-state index contributed by atoms with van der Waals surface area (Å²) < 4.78 is 0. The zero-order valence-corrected chi connectivity index (χ0v) is 7.28. The van der Waals surface area contributed by atoms with Crippen LogP contribution in [0.5, 0.6) is 0 Å². The Balaban J connectivity index is 2.60. The fraction of sp³-hybridized carbons (Fsp3) is 0.444. The van der Waals surface area contributed by atoms with Crippen molar-refractivity contribution in [1.82, 2.24) is 4.98 Å². The van der Waals surface area contributed by atoms with Crippen molar-refractivity contribution in [3.8, 4) is 0 Å².